The summed E-state index contributed by atoms with van der Waals surface area (Å²) >= 11 is 0. The maximum Gasteiger partial charge on any atom is 0.136 e. The molecule has 4 aromatic rings. The van der Waals surface area contributed by atoms with E-state index >= 15 is 0 Å². The molecule has 3 heteroatoms. The number of benzene rings is 3. The van der Waals surface area contributed by atoms with E-state index in [-0.39, 0.29) is 0 Å². The quantitative estimate of drug-likeness (QED) is 0.383. The minimum Gasteiger partial charge on any atom is -0.355 e. The number of fused-ring (bicyclic) bond motifs is 1. The molecule has 0 aliphatic carbocycles. The molecule has 146 valence electrons. The van der Waals surface area contributed by atoms with E-state index < -0.39 is 0 Å². The molecule has 0 spiro atoms. The zero-order valence-corrected chi connectivity index (χ0v) is 17.5. The minimum atomic E-state index is 0.874. The van der Waals surface area contributed by atoms with E-state index in [0.717, 1.165) is 40.2 Å². The molecule has 0 saturated carbocycles. The number of rotatable bonds is 5. The molecule has 1 aromatic heterocycles. The fourth-order valence-electron chi connectivity index (χ4n) is 3.56. The first kappa shape index (κ1) is 19.0. The van der Waals surface area contributed by atoms with E-state index in [0.29, 0.717) is 0 Å². The molecule has 3 aromatic carbocycles. The van der Waals surface area contributed by atoms with Crippen LogP contribution >= 0.6 is 0 Å². The highest BCUT2D eigenvalue weighted by molar-refractivity contribution is 5.98. The smallest absolute Gasteiger partial charge is 0.136 e. The van der Waals surface area contributed by atoms with Gasteiger partial charge in [-0.2, -0.15) is 0 Å². The highest BCUT2D eigenvalue weighted by Gasteiger charge is 2.15. The Morgan fingerprint density at radius 1 is 0.690 bits per heavy atom. The molecular formula is C26H27N3. The summed E-state index contributed by atoms with van der Waals surface area (Å²) in [5.41, 5.74) is 9.15. The number of nitrogens with one attached hydrogen (secondary N) is 2. The van der Waals surface area contributed by atoms with E-state index in [9.17, 15) is 0 Å². The van der Waals surface area contributed by atoms with E-state index in [4.69, 9.17) is 4.98 Å². The Morgan fingerprint density at radius 3 is 1.83 bits per heavy atom. The summed E-state index contributed by atoms with van der Waals surface area (Å²) in [5, 5.41) is 8.37. The van der Waals surface area contributed by atoms with Crippen LogP contribution in [0, 0.1) is 20.8 Å². The molecule has 0 saturated heterocycles. The number of pyridine rings is 1. The van der Waals surface area contributed by atoms with Crippen LogP contribution in [0.3, 0.4) is 0 Å². The van der Waals surface area contributed by atoms with Gasteiger partial charge in [-0.1, -0.05) is 53.9 Å². The number of anilines is 4. The molecule has 1 heterocycles. The van der Waals surface area contributed by atoms with Crippen molar-refractivity contribution in [3.63, 3.8) is 0 Å². The predicted molar refractivity (Wildman–Crippen MR) is 125 cm³/mol. The standard InChI is InChI=1S/C26H27N3/c1-5-22-25(27-20-11-6-17(2)7-12-20)23-16-19(4)10-15-24(23)29-26(22)28-21-13-8-18(3)9-14-21/h6-16H,5H2,1-4H3,(H2,27,28,29). The van der Waals surface area contributed by atoms with Gasteiger partial charge in [0.25, 0.3) is 0 Å². The largest absolute Gasteiger partial charge is 0.355 e. The van der Waals surface area contributed by atoms with Crippen LogP contribution in [0.5, 0.6) is 0 Å². The SMILES string of the molecule is CCc1c(Nc2ccc(C)cc2)nc2ccc(C)cc2c1Nc1ccc(C)cc1. The lowest BCUT2D eigenvalue weighted by Crippen LogP contribution is -2.05. The average Bonchev–Trinajstić information content (AvgIpc) is 2.72. The van der Waals surface area contributed by atoms with Gasteiger partial charge in [0.1, 0.15) is 5.82 Å². The molecule has 4 rings (SSSR count). The average molecular weight is 382 g/mol. The summed E-state index contributed by atoms with van der Waals surface area (Å²) < 4.78 is 0. The minimum absolute atomic E-state index is 0.874. The van der Waals surface area contributed by atoms with E-state index in [2.05, 4.69) is 105 Å². The van der Waals surface area contributed by atoms with Gasteiger partial charge in [0.15, 0.2) is 0 Å². The highest BCUT2D eigenvalue weighted by atomic mass is 15.0. The topological polar surface area (TPSA) is 37.0 Å². The summed E-state index contributed by atoms with van der Waals surface area (Å²) in [6.07, 6.45) is 0.874. The third-order valence-corrected chi connectivity index (χ3v) is 5.23. The molecule has 0 bridgehead atoms. The van der Waals surface area contributed by atoms with Crippen LogP contribution in [0.1, 0.15) is 29.2 Å². The van der Waals surface area contributed by atoms with Gasteiger partial charge in [0.05, 0.1) is 11.2 Å². The van der Waals surface area contributed by atoms with Gasteiger partial charge in [-0.15, -0.1) is 0 Å². The molecular weight excluding hydrogens is 354 g/mol. The lowest BCUT2D eigenvalue weighted by molar-refractivity contribution is 1.12. The van der Waals surface area contributed by atoms with Crippen LogP contribution in [-0.4, -0.2) is 4.98 Å². The van der Waals surface area contributed by atoms with Gasteiger partial charge < -0.3 is 10.6 Å². The van der Waals surface area contributed by atoms with E-state index in [1.54, 1.807) is 0 Å². The van der Waals surface area contributed by atoms with Gasteiger partial charge in [-0.05, 0) is 63.6 Å². The van der Waals surface area contributed by atoms with Crippen molar-refractivity contribution >= 4 is 33.8 Å². The highest BCUT2D eigenvalue weighted by Crippen LogP contribution is 2.35. The Hall–Kier alpha value is -3.33. The number of aryl methyl sites for hydroxylation is 3. The zero-order chi connectivity index (χ0) is 20.4. The number of nitrogens with zero attached hydrogens (tertiary/aromatic N) is 1. The summed E-state index contributed by atoms with van der Waals surface area (Å²) in [7, 11) is 0. The summed E-state index contributed by atoms with van der Waals surface area (Å²) in [4.78, 5) is 4.97. The van der Waals surface area contributed by atoms with Crippen LogP contribution in [0.4, 0.5) is 22.9 Å². The normalized spacial score (nSPS) is 10.9. The lowest BCUT2D eigenvalue weighted by atomic mass is 10.0. The summed E-state index contributed by atoms with van der Waals surface area (Å²) in [6.45, 7) is 8.51. The molecule has 0 atom stereocenters. The molecule has 0 radical (unpaired) electrons. The molecule has 2 N–H and O–H groups in total. The monoisotopic (exact) mass is 381 g/mol. The van der Waals surface area contributed by atoms with Crippen molar-refractivity contribution in [2.75, 3.05) is 10.6 Å². The van der Waals surface area contributed by atoms with E-state index in [1.165, 1.54) is 22.3 Å². The molecule has 0 fully saturated rings. The fourth-order valence-corrected chi connectivity index (χ4v) is 3.56. The lowest BCUT2D eigenvalue weighted by Gasteiger charge is -2.19. The van der Waals surface area contributed by atoms with Gasteiger partial charge in [0, 0.05) is 22.3 Å². The molecule has 0 amide bonds. The van der Waals surface area contributed by atoms with Gasteiger partial charge in [-0.25, -0.2) is 4.98 Å². The first-order valence-electron chi connectivity index (χ1n) is 10.1. The molecule has 0 unspecified atom stereocenters. The molecule has 0 aliphatic heterocycles. The summed E-state index contributed by atoms with van der Waals surface area (Å²) in [5.74, 6) is 0.905. The fraction of sp³-hybridized carbons (Fsp3) is 0.192. The molecule has 29 heavy (non-hydrogen) atoms. The number of aromatic nitrogens is 1. The van der Waals surface area contributed by atoms with Crippen molar-refractivity contribution in [3.8, 4) is 0 Å². The maximum atomic E-state index is 4.97. The van der Waals surface area contributed by atoms with Gasteiger partial charge in [0.2, 0.25) is 0 Å². The van der Waals surface area contributed by atoms with Crippen molar-refractivity contribution in [1.29, 1.82) is 0 Å². The Kier molecular flexibility index (Phi) is 5.22. The Balaban J connectivity index is 1.86. The third-order valence-electron chi connectivity index (χ3n) is 5.23. The molecule has 3 nitrogen and oxygen atoms in total. The second-order valence-corrected chi connectivity index (χ2v) is 7.67. The third kappa shape index (κ3) is 4.09. The van der Waals surface area contributed by atoms with Crippen LogP contribution in [-0.2, 0) is 6.42 Å². The Morgan fingerprint density at radius 2 is 1.24 bits per heavy atom. The zero-order valence-electron chi connectivity index (χ0n) is 17.5. The Bertz CT molecular complexity index is 1140. The number of hydrogen-bond acceptors (Lipinski definition) is 3. The predicted octanol–water partition coefficient (Wildman–Crippen LogP) is 7.21. The van der Waals surface area contributed by atoms with Crippen molar-refractivity contribution in [1.82, 2.24) is 4.98 Å². The van der Waals surface area contributed by atoms with Crippen molar-refractivity contribution in [2.24, 2.45) is 0 Å². The molecule has 0 aliphatic rings. The number of hydrogen-bond donors (Lipinski definition) is 2. The van der Waals surface area contributed by atoms with Crippen LogP contribution < -0.4 is 10.6 Å². The second kappa shape index (κ2) is 7.96. The summed E-state index contributed by atoms with van der Waals surface area (Å²) in [6, 6.07) is 23.4. The Labute approximate surface area is 172 Å². The van der Waals surface area contributed by atoms with Crippen molar-refractivity contribution < 1.29 is 0 Å². The van der Waals surface area contributed by atoms with Crippen molar-refractivity contribution in [2.45, 2.75) is 34.1 Å². The van der Waals surface area contributed by atoms with E-state index in [1.807, 2.05) is 0 Å². The van der Waals surface area contributed by atoms with Gasteiger partial charge in [-0.3, -0.25) is 0 Å². The van der Waals surface area contributed by atoms with Crippen LogP contribution in [0.15, 0.2) is 66.7 Å². The second-order valence-electron chi connectivity index (χ2n) is 7.67. The van der Waals surface area contributed by atoms with Gasteiger partial charge >= 0.3 is 0 Å². The first-order valence-corrected chi connectivity index (χ1v) is 10.1. The maximum absolute atomic E-state index is 4.97. The van der Waals surface area contributed by atoms with Crippen molar-refractivity contribution in [3.05, 3.63) is 89.0 Å². The first-order chi connectivity index (χ1) is 14.0. The van der Waals surface area contributed by atoms with Crippen LogP contribution in [0.25, 0.3) is 10.9 Å². The van der Waals surface area contributed by atoms with Crippen LogP contribution in [0.2, 0.25) is 0 Å².